The van der Waals surface area contributed by atoms with Crippen LogP contribution < -0.4 is 14.8 Å². The van der Waals surface area contributed by atoms with E-state index in [2.05, 4.69) is 48.6 Å². The van der Waals surface area contributed by atoms with Crippen LogP contribution >= 0.6 is 12.4 Å². The Bertz CT molecular complexity index is 746. The first-order valence-electron chi connectivity index (χ1n) is 8.29. The molecule has 0 spiro atoms. The van der Waals surface area contributed by atoms with Gasteiger partial charge in [0.1, 0.15) is 0 Å². The van der Waals surface area contributed by atoms with Crippen molar-refractivity contribution in [1.29, 1.82) is 0 Å². The van der Waals surface area contributed by atoms with Crippen LogP contribution in [0.4, 0.5) is 0 Å². The molecule has 2 aliphatic rings. The summed E-state index contributed by atoms with van der Waals surface area (Å²) >= 11 is 0. The molecule has 1 aliphatic heterocycles. The van der Waals surface area contributed by atoms with E-state index in [-0.39, 0.29) is 12.4 Å². The van der Waals surface area contributed by atoms with Crippen LogP contribution in [0.25, 0.3) is 0 Å². The van der Waals surface area contributed by atoms with Gasteiger partial charge in [-0.05, 0) is 46.7 Å². The molecular formula is C20H24ClNO2. The lowest BCUT2D eigenvalue weighted by molar-refractivity contribution is 0.302. The third-order valence-corrected chi connectivity index (χ3v) is 5.41. The zero-order chi connectivity index (χ0) is 16.0. The third kappa shape index (κ3) is 2.56. The first kappa shape index (κ1) is 17.1. The number of halogens is 1. The lowest BCUT2D eigenvalue weighted by atomic mass is 9.68. The number of hydrogen-bond donors (Lipinski definition) is 1. The van der Waals surface area contributed by atoms with Crippen LogP contribution in [0.2, 0.25) is 0 Å². The Morgan fingerprint density at radius 3 is 2.42 bits per heavy atom. The lowest BCUT2D eigenvalue weighted by Gasteiger charge is -2.43. The Morgan fingerprint density at radius 1 is 0.958 bits per heavy atom. The van der Waals surface area contributed by atoms with Crippen molar-refractivity contribution in [1.82, 2.24) is 5.32 Å². The molecular weight excluding hydrogens is 322 g/mol. The van der Waals surface area contributed by atoms with Crippen molar-refractivity contribution in [2.75, 3.05) is 14.2 Å². The minimum Gasteiger partial charge on any atom is -0.493 e. The summed E-state index contributed by atoms with van der Waals surface area (Å²) in [5.74, 6) is 2.63. The SMILES string of the molecule is COc1cc2c(cc1OC)[C@H]1c3ccccc3CN[C@@H]1[C@@H](C)C2.Cl. The van der Waals surface area contributed by atoms with Gasteiger partial charge >= 0.3 is 0 Å². The van der Waals surface area contributed by atoms with E-state index in [1.54, 1.807) is 14.2 Å². The maximum Gasteiger partial charge on any atom is 0.161 e. The van der Waals surface area contributed by atoms with Gasteiger partial charge in [-0.3, -0.25) is 0 Å². The van der Waals surface area contributed by atoms with Gasteiger partial charge in [0.05, 0.1) is 14.2 Å². The van der Waals surface area contributed by atoms with E-state index in [4.69, 9.17) is 9.47 Å². The number of benzene rings is 2. The minimum absolute atomic E-state index is 0. The number of methoxy groups -OCH3 is 2. The zero-order valence-corrected chi connectivity index (χ0v) is 15.2. The highest BCUT2D eigenvalue weighted by Gasteiger charge is 2.39. The van der Waals surface area contributed by atoms with Crippen molar-refractivity contribution in [2.24, 2.45) is 5.92 Å². The molecule has 4 rings (SSSR count). The highest BCUT2D eigenvalue weighted by Crippen LogP contribution is 2.46. The Labute approximate surface area is 149 Å². The standard InChI is InChI=1S/C20H23NO2.ClH/c1-12-8-14-9-17(22-2)18(23-3)10-16(14)19-15-7-5-4-6-13(15)11-21-20(12)19;/h4-7,9-10,12,19-21H,8,11H2,1-3H3;1H/t12-,19+,20+;/m0./s1. The largest absolute Gasteiger partial charge is 0.493 e. The molecule has 0 radical (unpaired) electrons. The molecule has 24 heavy (non-hydrogen) atoms. The second-order valence-electron chi connectivity index (χ2n) is 6.67. The average molecular weight is 346 g/mol. The van der Waals surface area contributed by atoms with Crippen molar-refractivity contribution in [3.8, 4) is 11.5 Å². The van der Waals surface area contributed by atoms with E-state index in [1.165, 1.54) is 22.3 Å². The molecule has 0 bridgehead atoms. The maximum atomic E-state index is 5.55. The van der Waals surface area contributed by atoms with E-state index >= 15 is 0 Å². The molecule has 1 aliphatic carbocycles. The summed E-state index contributed by atoms with van der Waals surface area (Å²) in [7, 11) is 3.41. The molecule has 0 saturated heterocycles. The average Bonchev–Trinajstić information content (AvgIpc) is 2.60. The van der Waals surface area contributed by atoms with Crippen molar-refractivity contribution in [3.63, 3.8) is 0 Å². The summed E-state index contributed by atoms with van der Waals surface area (Å²) < 4.78 is 11.1. The maximum absolute atomic E-state index is 5.55. The molecule has 0 aromatic heterocycles. The van der Waals surface area contributed by atoms with Crippen LogP contribution in [-0.2, 0) is 13.0 Å². The van der Waals surface area contributed by atoms with Crippen molar-refractivity contribution in [2.45, 2.75) is 31.8 Å². The smallest absolute Gasteiger partial charge is 0.161 e. The lowest BCUT2D eigenvalue weighted by Crippen LogP contribution is -2.47. The second-order valence-corrected chi connectivity index (χ2v) is 6.67. The number of nitrogens with one attached hydrogen (secondary N) is 1. The first-order chi connectivity index (χ1) is 11.2. The van der Waals surface area contributed by atoms with Gasteiger partial charge < -0.3 is 14.8 Å². The van der Waals surface area contributed by atoms with Crippen LogP contribution in [0, 0.1) is 5.92 Å². The van der Waals surface area contributed by atoms with Crippen LogP contribution in [0.5, 0.6) is 11.5 Å². The fourth-order valence-electron chi connectivity index (χ4n) is 4.31. The van der Waals surface area contributed by atoms with Gasteiger partial charge in [0.25, 0.3) is 0 Å². The van der Waals surface area contributed by atoms with E-state index in [1.807, 2.05) is 0 Å². The monoisotopic (exact) mass is 345 g/mol. The summed E-state index contributed by atoms with van der Waals surface area (Å²) in [5, 5.41) is 3.76. The number of rotatable bonds is 2. The molecule has 3 atom stereocenters. The van der Waals surface area contributed by atoms with Crippen molar-refractivity contribution >= 4 is 12.4 Å². The van der Waals surface area contributed by atoms with Gasteiger partial charge in [-0.25, -0.2) is 0 Å². The highest BCUT2D eigenvalue weighted by atomic mass is 35.5. The Balaban J connectivity index is 0.00000169. The normalized spacial score (nSPS) is 24.0. The molecule has 0 unspecified atom stereocenters. The van der Waals surface area contributed by atoms with Crippen LogP contribution in [0.3, 0.4) is 0 Å². The predicted molar refractivity (Wildman–Crippen MR) is 98.6 cm³/mol. The number of ether oxygens (including phenoxy) is 2. The van der Waals surface area contributed by atoms with Crippen LogP contribution in [-0.4, -0.2) is 20.3 Å². The van der Waals surface area contributed by atoms with Crippen LogP contribution in [0.15, 0.2) is 36.4 Å². The van der Waals surface area contributed by atoms with E-state index < -0.39 is 0 Å². The molecule has 128 valence electrons. The third-order valence-electron chi connectivity index (χ3n) is 5.41. The summed E-state index contributed by atoms with van der Waals surface area (Å²) in [4.78, 5) is 0. The molecule has 1 heterocycles. The van der Waals surface area contributed by atoms with E-state index in [0.29, 0.717) is 17.9 Å². The van der Waals surface area contributed by atoms with E-state index in [0.717, 1.165) is 24.5 Å². The van der Waals surface area contributed by atoms with Gasteiger partial charge in [-0.15, -0.1) is 12.4 Å². The molecule has 2 aromatic rings. The highest BCUT2D eigenvalue weighted by molar-refractivity contribution is 5.85. The molecule has 3 nitrogen and oxygen atoms in total. The van der Waals surface area contributed by atoms with Gasteiger partial charge in [0.2, 0.25) is 0 Å². The summed E-state index contributed by atoms with van der Waals surface area (Å²) in [5.41, 5.74) is 5.63. The predicted octanol–water partition coefficient (Wildman–Crippen LogP) is 3.92. The topological polar surface area (TPSA) is 30.5 Å². The van der Waals surface area contributed by atoms with Crippen molar-refractivity contribution in [3.05, 3.63) is 58.7 Å². The Kier molecular flexibility index (Phi) is 4.75. The second kappa shape index (κ2) is 6.66. The summed E-state index contributed by atoms with van der Waals surface area (Å²) in [6.45, 7) is 3.31. The number of fused-ring (bicyclic) bond motifs is 5. The molecule has 0 fully saturated rings. The quantitative estimate of drug-likeness (QED) is 0.894. The van der Waals surface area contributed by atoms with Gasteiger partial charge in [0, 0.05) is 18.5 Å². The fourth-order valence-corrected chi connectivity index (χ4v) is 4.31. The fraction of sp³-hybridized carbons (Fsp3) is 0.400. The zero-order valence-electron chi connectivity index (χ0n) is 14.3. The molecule has 0 amide bonds. The molecule has 0 saturated carbocycles. The molecule has 2 aromatic carbocycles. The van der Waals surface area contributed by atoms with E-state index in [9.17, 15) is 0 Å². The van der Waals surface area contributed by atoms with Crippen molar-refractivity contribution < 1.29 is 9.47 Å². The van der Waals surface area contributed by atoms with Gasteiger partial charge in [0.15, 0.2) is 11.5 Å². The Hall–Kier alpha value is -1.71. The van der Waals surface area contributed by atoms with Crippen LogP contribution in [0.1, 0.15) is 35.1 Å². The minimum atomic E-state index is 0. The first-order valence-corrected chi connectivity index (χ1v) is 8.29. The summed E-state index contributed by atoms with van der Waals surface area (Å²) in [6, 6.07) is 13.6. The van der Waals surface area contributed by atoms with Gasteiger partial charge in [-0.2, -0.15) is 0 Å². The summed E-state index contributed by atoms with van der Waals surface area (Å²) in [6.07, 6.45) is 1.08. The Morgan fingerprint density at radius 2 is 1.67 bits per heavy atom. The van der Waals surface area contributed by atoms with Gasteiger partial charge in [-0.1, -0.05) is 31.2 Å². The number of hydrogen-bond acceptors (Lipinski definition) is 3. The molecule has 1 N–H and O–H groups in total. The molecule has 4 heteroatoms.